The summed E-state index contributed by atoms with van der Waals surface area (Å²) in [6.07, 6.45) is 0. The third kappa shape index (κ3) is 3.25. The second kappa shape index (κ2) is 7.29. The zero-order valence-corrected chi connectivity index (χ0v) is 16.0. The van der Waals surface area contributed by atoms with Crippen molar-refractivity contribution in [2.45, 2.75) is 6.54 Å². The molecule has 0 atom stereocenters. The second-order valence-electron chi connectivity index (χ2n) is 6.80. The van der Waals surface area contributed by atoms with Crippen molar-refractivity contribution in [1.29, 1.82) is 0 Å². The largest absolute Gasteiger partial charge is 0.369 e. The first kappa shape index (κ1) is 17.3. The molecule has 0 spiro atoms. The summed E-state index contributed by atoms with van der Waals surface area (Å²) >= 11 is 1.36. The quantitative estimate of drug-likeness (QED) is 0.532. The molecule has 0 bridgehead atoms. The van der Waals surface area contributed by atoms with E-state index in [-0.39, 0.29) is 5.82 Å². The van der Waals surface area contributed by atoms with E-state index in [1.54, 1.807) is 16.6 Å². The van der Waals surface area contributed by atoms with Crippen molar-refractivity contribution in [1.82, 2.24) is 24.7 Å². The number of fused-ring (bicyclic) bond motifs is 1. The normalized spacial score (nSPS) is 15.4. The van der Waals surface area contributed by atoms with Crippen LogP contribution in [0.1, 0.15) is 5.82 Å². The third-order valence-corrected chi connectivity index (χ3v) is 5.95. The minimum Gasteiger partial charge on any atom is -0.369 e. The van der Waals surface area contributed by atoms with Crippen LogP contribution in [0.4, 0.5) is 10.1 Å². The first-order valence-electron chi connectivity index (χ1n) is 9.26. The van der Waals surface area contributed by atoms with Gasteiger partial charge in [0.15, 0.2) is 10.8 Å². The zero-order valence-electron chi connectivity index (χ0n) is 15.2. The number of anilines is 1. The van der Waals surface area contributed by atoms with Crippen LogP contribution in [0, 0.1) is 5.82 Å². The molecule has 0 unspecified atom stereocenters. The maximum atomic E-state index is 14.1. The Hall–Kier alpha value is -2.84. The van der Waals surface area contributed by atoms with Crippen molar-refractivity contribution in [3.8, 4) is 10.6 Å². The van der Waals surface area contributed by atoms with E-state index >= 15 is 0 Å². The summed E-state index contributed by atoms with van der Waals surface area (Å²) in [7, 11) is 0. The van der Waals surface area contributed by atoms with Crippen LogP contribution in [0.25, 0.3) is 15.5 Å². The number of halogens is 1. The van der Waals surface area contributed by atoms with E-state index in [9.17, 15) is 4.39 Å². The SMILES string of the molecule is Fc1ccccc1-c1nn2c(CN3CCN(c4ccccc4)CC3)nnc2s1. The maximum absolute atomic E-state index is 14.1. The topological polar surface area (TPSA) is 49.6 Å². The predicted molar refractivity (Wildman–Crippen MR) is 108 cm³/mol. The number of rotatable bonds is 4. The Bertz CT molecular complexity index is 1080. The van der Waals surface area contributed by atoms with E-state index in [2.05, 4.69) is 49.4 Å². The number of nitrogens with zero attached hydrogens (tertiary/aromatic N) is 6. The van der Waals surface area contributed by atoms with Gasteiger partial charge in [-0.05, 0) is 24.3 Å². The minimum atomic E-state index is -0.272. The number of hydrogen-bond donors (Lipinski definition) is 0. The van der Waals surface area contributed by atoms with Gasteiger partial charge < -0.3 is 4.90 Å². The molecule has 142 valence electrons. The smallest absolute Gasteiger partial charge is 0.235 e. The van der Waals surface area contributed by atoms with Crippen LogP contribution in [0.2, 0.25) is 0 Å². The number of benzene rings is 2. The van der Waals surface area contributed by atoms with Gasteiger partial charge in [-0.15, -0.1) is 10.2 Å². The molecule has 5 rings (SSSR count). The standard InChI is InChI=1S/C20H19FN6S/c21-17-9-5-4-8-16(17)19-24-27-18(22-23-20(27)28-19)14-25-10-12-26(13-11-25)15-6-2-1-3-7-15/h1-9H,10-14H2. The van der Waals surface area contributed by atoms with Crippen LogP contribution in [0.3, 0.4) is 0 Å². The Kier molecular flexibility index (Phi) is 4.50. The van der Waals surface area contributed by atoms with Crippen molar-refractivity contribution in [3.05, 3.63) is 66.2 Å². The van der Waals surface area contributed by atoms with Gasteiger partial charge in [0.1, 0.15) is 5.82 Å². The predicted octanol–water partition coefficient (Wildman–Crippen LogP) is 3.31. The molecular formula is C20H19FN6S. The third-order valence-electron chi connectivity index (χ3n) is 5.02. The van der Waals surface area contributed by atoms with Crippen molar-refractivity contribution >= 4 is 22.0 Å². The summed E-state index contributed by atoms with van der Waals surface area (Å²) in [6, 6.07) is 17.2. The lowest BCUT2D eigenvalue weighted by Gasteiger charge is -2.35. The molecule has 4 aromatic rings. The molecule has 2 aromatic carbocycles. The van der Waals surface area contributed by atoms with Crippen molar-refractivity contribution in [3.63, 3.8) is 0 Å². The highest BCUT2D eigenvalue weighted by molar-refractivity contribution is 7.19. The van der Waals surface area contributed by atoms with Crippen molar-refractivity contribution in [2.24, 2.45) is 0 Å². The fourth-order valence-corrected chi connectivity index (χ4v) is 4.39. The molecule has 6 nitrogen and oxygen atoms in total. The second-order valence-corrected chi connectivity index (χ2v) is 7.75. The molecule has 0 aliphatic carbocycles. The lowest BCUT2D eigenvalue weighted by molar-refractivity contribution is 0.242. The zero-order chi connectivity index (χ0) is 18.9. The first-order chi connectivity index (χ1) is 13.8. The Morgan fingerprint density at radius 2 is 1.64 bits per heavy atom. The fraction of sp³-hybridized carbons (Fsp3) is 0.250. The van der Waals surface area contributed by atoms with E-state index < -0.39 is 0 Å². The Balaban J connectivity index is 1.31. The average Bonchev–Trinajstić information content (AvgIpc) is 3.31. The molecule has 1 saturated heterocycles. The highest BCUT2D eigenvalue weighted by atomic mass is 32.1. The van der Waals surface area contributed by atoms with Crippen LogP contribution in [0.15, 0.2) is 54.6 Å². The van der Waals surface area contributed by atoms with Crippen LogP contribution >= 0.6 is 11.3 Å². The molecule has 1 fully saturated rings. The van der Waals surface area contributed by atoms with Crippen LogP contribution in [-0.4, -0.2) is 50.9 Å². The van der Waals surface area contributed by atoms with Crippen LogP contribution in [-0.2, 0) is 6.54 Å². The van der Waals surface area contributed by atoms with E-state index in [1.807, 2.05) is 12.1 Å². The molecule has 8 heteroatoms. The van der Waals surface area contributed by atoms with Crippen LogP contribution < -0.4 is 4.90 Å². The van der Waals surface area contributed by atoms with E-state index in [0.29, 0.717) is 22.1 Å². The Morgan fingerprint density at radius 1 is 0.893 bits per heavy atom. The summed E-state index contributed by atoms with van der Waals surface area (Å²) in [4.78, 5) is 5.45. The van der Waals surface area contributed by atoms with Gasteiger partial charge in [-0.3, -0.25) is 4.90 Å². The number of aromatic nitrogens is 4. The first-order valence-corrected chi connectivity index (χ1v) is 10.1. The van der Waals surface area contributed by atoms with E-state index in [0.717, 1.165) is 32.0 Å². The summed E-state index contributed by atoms with van der Waals surface area (Å²) < 4.78 is 15.8. The molecule has 0 N–H and O–H groups in total. The van der Waals surface area contributed by atoms with Gasteiger partial charge in [0.25, 0.3) is 0 Å². The molecule has 1 aliphatic heterocycles. The monoisotopic (exact) mass is 394 g/mol. The van der Waals surface area contributed by atoms with Gasteiger partial charge in [-0.25, -0.2) is 4.39 Å². The fourth-order valence-electron chi connectivity index (χ4n) is 3.50. The average molecular weight is 394 g/mol. The highest BCUT2D eigenvalue weighted by Crippen LogP contribution is 2.27. The highest BCUT2D eigenvalue weighted by Gasteiger charge is 2.21. The summed E-state index contributed by atoms with van der Waals surface area (Å²) in [5.41, 5.74) is 1.77. The number of hydrogen-bond acceptors (Lipinski definition) is 6. The Morgan fingerprint density at radius 3 is 2.43 bits per heavy atom. The minimum absolute atomic E-state index is 0.272. The Labute approximate surface area is 165 Å². The summed E-state index contributed by atoms with van der Waals surface area (Å²) in [5, 5.41) is 13.7. The van der Waals surface area contributed by atoms with Gasteiger partial charge in [0.2, 0.25) is 4.96 Å². The van der Waals surface area contributed by atoms with Crippen molar-refractivity contribution < 1.29 is 4.39 Å². The molecule has 3 heterocycles. The number of piperazine rings is 1. The molecule has 0 amide bonds. The van der Waals surface area contributed by atoms with Gasteiger partial charge in [-0.2, -0.15) is 9.61 Å². The molecule has 2 aromatic heterocycles. The maximum Gasteiger partial charge on any atom is 0.235 e. The molecule has 1 aliphatic rings. The van der Waals surface area contributed by atoms with Gasteiger partial charge in [-0.1, -0.05) is 41.7 Å². The molecule has 28 heavy (non-hydrogen) atoms. The van der Waals surface area contributed by atoms with Crippen LogP contribution in [0.5, 0.6) is 0 Å². The lowest BCUT2D eigenvalue weighted by Crippen LogP contribution is -2.46. The van der Waals surface area contributed by atoms with E-state index in [1.165, 1.54) is 23.1 Å². The molecule has 0 radical (unpaired) electrons. The van der Waals surface area contributed by atoms with Gasteiger partial charge >= 0.3 is 0 Å². The molecule has 0 saturated carbocycles. The molecular weight excluding hydrogens is 375 g/mol. The van der Waals surface area contributed by atoms with Gasteiger partial charge in [0.05, 0.1) is 6.54 Å². The van der Waals surface area contributed by atoms with E-state index in [4.69, 9.17) is 0 Å². The summed E-state index contributed by atoms with van der Waals surface area (Å²) in [5.74, 6) is 0.521. The lowest BCUT2D eigenvalue weighted by atomic mass is 10.2. The van der Waals surface area contributed by atoms with Crippen molar-refractivity contribution in [2.75, 3.05) is 31.1 Å². The summed E-state index contributed by atoms with van der Waals surface area (Å²) in [6.45, 7) is 4.54. The number of para-hydroxylation sites is 1. The van der Waals surface area contributed by atoms with Gasteiger partial charge in [0, 0.05) is 37.4 Å².